The third-order valence-corrected chi connectivity index (χ3v) is 4.87. The van der Waals surface area contributed by atoms with E-state index in [0.29, 0.717) is 6.61 Å². The third-order valence-electron chi connectivity index (χ3n) is 4.87. The second-order valence-corrected chi connectivity index (χ2v) is 6.98. The van der Waals surface area contributed by atoms with Gasteiger partial charge < -0.3 is 20.3 Å². The van der Waals surface area contributed by atoms with Crippen molar-refractivity contribution in [2.75, 3.05) is 30.4 Å². The fourth-order valence-electron chi connectivity index (χ4n) is 3.35. The zero-order valence-corrected chi connectivity index (χ0v) is 13.6. The van der Waals surface area contributed by atoms with Crippen LogP contribution in [0.4, 0.5) is 16.2 Å². The Balaban J connectivity index is 1.66. The predicted octanol–water partition coefficient (Wildman–Crippen LogP) is 3.22. The molecule has 1 aromatic carbocycles. The first-order chi connectivity index (χ1) is 10.5. The largest absolute Gasteiger partial charge is 0.490 e. The highest BCUT2D eigenvalue weighted by atomic mass is 16.5. The van der Waals surface area contributed by atoms with Crippen molar-refractivity contribution in [2.45, 2.75) is 39.2 Å². The monoisotopic (exact) mass is 303 g/mol. The van der Waals surface area contributed by atoms with Gasteiger partial charge in [-0.05, 0) is 36.5 Å². The van der Waals surface area contributed by atoms with Crippen LogP contribution >= 0.6 is 0 Å². The standard InChI is InChI=1S/C17H25N3O2/c1-17(2)8-4-5-15(17)19-16(21)18-12-6-7-14-13(11-12)20(3)9-10-22-14/h6-7,11,15H,4-5,8-10H2,1-3H3,(H2,18,19,21)/t15-/m0/s1. The number of rotatable bonds is 2. The number of carbonyl (C=O) groups is 1. The number of benzene rings is 1. The van der Waals surface area contributed by atoms with Crippen molar-refractivity contribution in [3.8, 4) is 5.75 Å². The number of nitrogens with one attached hydrogen (secondary N) is 2. The molecule has 2 amide bonds. The maximum Gasteiger partial charge on any atom is 0.319 e. The van der Waals surface area contributed by atoms with Crippen molar-refractivity contribution in [1.82, 2.24) is 5.32 Å². The average molecular weight is 303 g/mol. The van der Waals surface area contributed by atoms with Crippen molar-refractivity contribution in [1.29, 1.82) is 0 Å². The van der Waals surface area contributed by atoms with Crippen LogP contribution < -0.4 is 20.3 Å². The number of hydrogen-bond acceptors (Lipinski definition) is 3. The molecular formula is C17H25N3O2. The van der Waals surface area contributed by atoms with Crippen molar-refractivity contribution in [2.24, 2.45) is 5.41 Å². The number of fused-ring (bicyclic) bond motifs is 1. The average Bonchev–Trinajstić information content (AvgIpc) is 2.79. The minimum atomic E-state index is -0.126. The molecule has 1 atom stereocenters. The van der Waals surface area contributed by atoms with Gasteiger partial charge in [0.1, 0.15) is 12.4 Å². The van der Waals surface area contributed by atoms with Gasteiger partial charge in [0.15, 0.2) is 0 Å². The summed E-state index contributed by atoms with van der Waals surface area (Å²) in [5.74, 6) is 0.872. The van der Waals surface area contributed by atoms with E-state index in [1.54, 1.807) is 0 Å². The van der Waals surface area contributed by atoms with Crippen LogP contribution in [-0.2, 0) is 0 Å². The fraction of sp³-hybridized carbons (Fsp3) is 0.588. The van der Waals surface area contributed by atoms with Gasteiger partial charge in [-0.1, -0.05) is 20.3 Å². The maximum absolute atomic E-state index is 12.2. The first kappa shape index (κ1) is 15.0. The van der Waals surface area contributed by atoms with Gasteiger partial charge in [-0.15, -0.1) is 0 Å². The SMILES string of the molecule is CN1CCOc2ccc(NC(=O)N[C@H]3CCCC3(C)C)cc21. The summed E-state index contributed by atoms with van der Waals surface area (Å²) >= 11 is 0. The molecule has 0 radical (unpaired) electrons. The highest BCUT2D eigenvalue weighted by molar-refractivity contribution is 5.90. The van der Waals surface area contributed by atoms with E-state index in [2.05, 4.69) is 29.4 Å². The van der Waals surface area contributed by atoms with Gasteiger partial charge in [-0.25, -0.2) is 4.79 Å². The van der Waals surface area contributed by atoms with Crippen molar-refractivity contribution in [3.05, 3.63) is 18.2 Å². The van der Waals surface area contributed by atoms with Crippen LogP contribution in [0.3, 0.4) is 0 Å². The normalized spacial score (nSPS) is 22.7. The van der Waals surface area contributed by atoms with Crippen LogP contribution in [-0.4, -0.2) is 32.3 Å². The molecule has 3 rings (SSSR count). The summed E-state index contributed by atoms with van der Waals surface area (Å²) in [6, 6.07) is 5.89. The number of anilines is 2. The summed E-state index contributed by atoms with van der Waals surface area (Å²) in [5, 5.41) is 6.06. The molecule has 1 fully saturated rings. The van der Waals surface area contributed by atoms with Gasteiger partial charge in [-0.3, -0.25) is 0 Å². The number of carbonyl (C=O) groups excluding carboxylic acids is 1. The molecule has 0 aromatic heterocycles. The lowest BCUT2D eigenvalue weighted by atomic mass is 9.87. The topological polar surface area (TPSA) is 53.6 Å². The summed E-state index contributed by atoms with van der Waals surface area (Å²) in [6.07, 6.45) is 3.40. The van der Waals surface area contributed by atoms with Gasteiger partial charge in [0.25, 0.3) is 0 Å². The van der Waals surface area contributed by atoms with E-state index in [9.17, 15) is 4.79 Å². The van der Waals surface area contributed by atoms with E-state index in [4.69, 9.17) is 4.74 Å². The van der Waals surface area contributed by atoms with E-state index in [-0.39, 0.29) is 17.5 Å². The Labute approximate surface area is 132 Å². The molecule has 22 heavy (non-hydrogen) atoms. The molecule has 120 valence electrons. The quantitative estimate of drug-likeness (QED) is 0.882. The minimum Gasteiger partial charge on any atom is -0.490 e. The van der Waals surface area contributed by atoms with Gasteiger partial charge in [0.2, 0.25) is 0 Å². The van der Waals surface area contributed by atoms with Gasteiger partial charge in [0, 0.05) is 18.8 Å². The number of likely N-dealkylation sites (N-methyl/N-ethyl adjacent to an activating group) is 1. The Morgan fingerprint density at radius 2 is 2.23 bits per heavy atom. The second-order valence-electron chi connectivity index (χ2n) is 6.98. The molecule has 0 saturated heterocycles. The van der Waals surface area contributed by atoms with Crippen molar-refractivity contribution >= 4 is 17.4 Å². The van der Waals surface area contributed by atoms with Gasteiger partial charge in [-0.2, -0.15) is 0 Å². The number of ether oxygens (including phenoxy) is 1. The number of hydrogen-bond donors (Lipinski definition) is 2. The van der Waals surface area contributed by atoms with E-state index in [0.717, 1.165) is 30.1 Å². The van der Waals surface area contributed by atoms with Crippen LogP contribution in [0.2, 0.25) is 0 Å². The Bertz CT molecular complexity index is 571. The summed E-state index contributed by atoms with van der Waals surface area (Å²) in [6.45, 7) is 6.00. The molecule has 2 N–H and O–H groups in total. The third kappa shape index (κ3) is 2.98. The number of urea groups is 1. The molecule has 1 heterocycles. The van der Waals surface area contributed by atoms with Crippen LogP contribution in [0, 0.1) is 5.41 Å². The zero-order valence-electron chi connectivity index (χ0n) is 13.6. The number of nitrogens with zero attached hydrogens (tertiary/aromatic N) is 1. The molecule has 2 aliphatic rings. The van der Waals surface area contributed by atoms with Crippen molar-refractivity contribution in [3.63, 3.8) is 0 Å². The van der Waals surface area contributed by atoms with E-state index in [1.165, 1.54) is 12.8 Å². The summed E-state index contributed by atoms with van der Waals surface area (Å²) < 4.78 is 5.62. The lowest BCUT2D eigenvalue weighted by Crippen LogP contribution is -2.43. The molecule has 1 saturated carbocycles. The molecule has 5 nitrogen and oxygen atoms in total. The first-order valence-corrected chi connectivity index (χ1v) is 8.01. The first-order valence-electron chi connectivity index (χ1n) is 8.01. The Kier molecular flexibility index (Phi) is 3.89. The Morgan fingerprint density at radius 3 is 2.95 bits per heavy atom. The fourth-order valence-corrected chi connectivity index (χ4v) is 3.35. The van der Waals surface area contributed by atoms with E-state index in [1.807, 2.05) is 25.2 Å². The summed E-state index contributed by atoms with van der Waals surface area (Å²) in [4.78, 5) is 14.4. The Hall–Kier alpha value is -1.91. The van der Waals surface area contributed by atoms with Gasteiger partial charge in [0.05, 0.1) is 12.2 Å². The number of amides is 2. The summed E-state index contributed by atoms with van der Waals surface area (Å²) in [5.41, 5.74) is 2.00. The molecule has 5 heteroatoms. The molecule has 1 aromatic rings. The van der Waals surface area contributed by atoms with Crippen LogP contribution in [0.15, 0.2) is 18.2 Å². The summed E-state index contributed by atoms with van der Waals surface area (Å²) in [7, 11) is 2.03. The van der Waals surface area contributed by atoms with Crippen molar-refractivity contribution < 1.29 is 9.53 Å². The minimum absolute atomic E-state index is 0.126. The predicted molar refractivity (Wildman–Crippen MR) is 88.8 cm³/mol. The van der Waals surface area contributed by atoms with Crippen LogP contribution in [0.25, 0.3) is 0 Å². The van der Waals surface area contributed by atoms with E-state index < -0.39 is 0 Å². The molecular weight excluding hydrogens is 278 g/mol. The second kappa shape index (κ2) is 5.71. The van der Waals surface area contributed by atoms with E-state index >= 15 is 0 Å². The van der Waals surface area contributed by atoms with Gasteiger partial charge >= 0.3 is 6.03 Å². The molecule has 0 unspecified atom stereocenters. The highest BCUT2D eigenvalue weighted by Gasteiger charge is 2.35. The maximum atomic E-state index is 12.2. The molecule has 0 spiro atoms. The highest BCUT2D eigenvalue weighted by Crippen LogP contribution is 2.37. The Morgan fingerprint density at radius 1 is 1.41 bits per heavy atom. The molecule has 1 aliphatic carbocycles. The van der Waals surface area contributed by atoms with Crippen LogP contribution in [0.5, 0.6) is 5.75 Å². The smallest absolute Gasteiger partial charge is 0.319 e. The molecule has 0 bridgehead atoms. The molecule has 1 aliphatic heterocycles. The van der Waals surface area contributed by atoms with Crippen LogP contribution in [0.1, 0.15) is 33.1 Å². The lowest BCUT2D eigenvalue weighted by Gasteiger charge is -2.29. The zero-order chi connectivity index (χ0) is 15.7. The lowest BCUT2D eigenvalue weighted by molar-refractivity contribution is 0.233.